The van der Waals surface area contributed by atoms with Crippen molar-refractivity contribution in [1.82, 2.24) is 4.98 Å². The number of nitrogens with zero attached hydrogens (tertiary/aromatic N) is 1. The van der Waals surface area contributed by atoms with E-state index >= 15 is 0 Å². The lowest BCUT2D eigenvalue weighted by atomic mass is 9.92. The summed E-state index contributed by atoms with van der Waals surface area (Å²) in [7, 11) is 0. The van der Waals surface area contributed by atoms with Crippen molar-refractivity contribution in [2.24, 2.45) is 0 Å². The smallest absolute Gasteiger partial charge is 0.152 e. The van der Waals surface area contributed by atoms with E-state index in [1.54, 1.807) is 13.0 Å². The topological polar surface area (TPSA) is 56.0 Å². The predicted molar refractivity (Wildman–Crippen MR) is 92.7 cm³/mol. The number of fused-ring (bicyclic) bond motifs is 3. The largest absolute Gasteiger partial charge is 0.397 e. The van der Waals surface area contributed by atoms with Gasteiger partial charge < -0.3 is 5.73 Å². The Morgan fingerprint density at radius 3 is 2.68 bits per heavy atom. The number of nitrogen functional groups attached to an aromatic ring is 1. The molecule has 3 heteroatoms. The van der Waals surface area contributed by atoms with E-state index in [0.717, 1.165) is 38.4 Å². The van der Waals surface area contributed by atoms with Crippen molar-refractivity contribution in [3.05, 3.63) is 53.7 Å². The van der Waals surface area contributed by atoms with Crippen LogP contribution in [-0.2, 0) is 4.79 Å². The predicted octanol–water partition coefficient (Wildman–Crippen LogP) is 4.27. The van der Waals surface area contributed by atoms with Gasteiger partial charge in [-0.3, -0.25) is 9.78 Å². The Labute approximate surface area is 129 Å². The maximum Gasteiger partial charge on any atom is 0.152 e. The third kappa shape index (κ3) is 2.25. The number of benzene rings is 2. The van der Waals surface area contributed by atoms with Crippen molar-refractivity contribution >= 4 is 38.7 Å². The zero-order valence-electron chi connectivity index (χ0n) is 13.0. The van der Waals surface area contributed by atoms with Crippen molar-refractivity contribution in [3.63, 3.8) is 0 Å². The minimum atomic E-state index is 0.0371. The standard InChI is InChI=1S/C19H18N2O/c1-11(8-13(3)22)17-12(2)9-16(20)19-18(17)15-7-5-4-6-14(15)10-21-19/h4-10H,20H2,1-3H3. The highest BCUT2D eigenvalue weighted by Gasteiger charge is 2.14. The van der Waals surface area contributed by atoms with Crippen molar-refractivity contribution in [3.8, 4) is 0 Å². The summed E-state index contributed by atoms with van der Waals surface area (Å²) in [5.74, 6) is 0.0371. The van der Waals surface area contributed by atoms with Gasteiger partial charge in [0.1, 0.15) is 0 Å². The van der Waals surface area contributed by atoms with Crippen LogP contribution in [0, 0.1) is 6.92 Å². The van der Waals surface area contributed by atoms with E-state index in [9.17, 15) is 4.79 Å². The van der Waals surface area contributed by atoms with Gasteiger partial charge in [0, 0.05) is 17.0 Å². The molecule has 2 aromatic carbocycles. The molecule has 0 atom stereocenters. The summed E-state index contributed by atoms with van der Waals surface area (Å²) in [4.78, 5) is 16.0. The molecule has 0 radical (unpaired) electrons. The van der Waals surface area contributed by atoms with Crippen molar-refractivity contribution in [1.29, 1.82) is 0 Å². The number of allylic oxidation sites excluding steroid dienone is 2. The van der Waals surface area contributed by atoms with Crippen LogP contribution in [-0.4, -0.2) is 10.8 Å². The third-order valence-corrected chi connectivity index (χ3v) is 3.90. The zero-order valence-corrected chi connectivity index (χ0v) is 13.0. The molecule has 0 bridgehead atoms. The van der Waals surface area contributed by atoms with Crippen LogP contribution in [0.2, 0.25) is 0 Å². The second kappa shape index (κ2) is 5.26. The molecule has 2 N–H and O–H groups in total. The van der Waals surface area contributed by atoms with Gasteiger partial charge in [-0.05, 0) is 55.0 Å². The number of carbonyl (C=O) groups excluding carboxylic acids is 1. The first-order chi connectivity index (χ1) is 10.5. The fourth-order valence-corrected chi connectivity index (χ4v) is 3.09. The highest BCUT2D eigenvalue weighted by Crippen LogP contribution is 2.35. The van der Waals surface area contributed by atoms with E-state index in [-0.39, 0.29) is 5.78 Å². The maximum absolute atomic E-state index is 11.5. The summed E-state index contributed by atoms with van der Waals surface area (Å²) in [5.41, 5.74) is 10.7. The first kappa shape index (κ1) is 14.3. The van der Waals surface area contributed by atoms with Crippen LogP contribution in [0.15, 0.2) is 42.6 Å². The number of aryl methyl sites for hydroxylation is 1. The molecule has 110 valence electrons. The average Bonchev–Trinajstić information content (AvgIpc) is 2.46. The number of nitrogens with two attached hydrogens (primary N) is 1. The Kier molecular flexibility index (Phi) is 3.41. The molecule has 0 saturated heterocycles. The number of aromatic nitrogens is 1. The van der Waals surface area contributed by atoms with Crippen molar-refractivity contribution < 1.29 is 4.79 Å². The van der Waals surface area contributed by atoms with Gasteiger partial charge in [-0.15, -0.1) is 0 Å². The molecule has 0 unspecified atom stereocenters. The summed E-state index contributed by atoms with van der Waals surface area (Å²) in [6, 6.07) is 10.0. The highest BCUT2D eigenvalue weighted by atomic mass is 16.1. The van der Waals surface area contributed by atoms with Gasteiger partial charge in [0.15, 0.2) is 5.78 Å². The number of ketones is 1. The Morgan fingerprint density at radius 1 is 1.23 bits per heavy atom. The lowest BCUT2D eigenvalue weighted by Gasteiger charge is -2.15. The highest BCUT2D eigenvalue weighted by molar-refractivity contribution is 6.15. The average molecular weight is 290 g/mol. The van der Waals surface area contributed by atoms with Crippen molar-refractivity contribution in [2.75, 3.05) is 5.73 Å². The summed E-state index contributed by atoms with van der Waals surface area (Å²) in [5, 5.41) is 3.19. The molecular weight excluding hydrogens is 272 g/mol. The summed E-state index contributed by atoms with van der Waals surface area (Å²) < 4.78 is 0. The van der Waals surface area contributed by atoms with E-state index in [1.165, 1.54) is 0 Å². The second-order valence-electron chi connectivity index (χ2n) is 5.66. The van der Waals surface area contributed by atoms with Gasteiger partial charge >= 0.3 is 0 Å². The second-order valence-corrected chi connectivity index (χ2v) is 5.66. The summed E-state index contributed by atoms with van der Waals surface area (Å²) >= 11 is 0. The Balaban J connectivity index is 2.55. The van der Waals surface area contributed by atoms with Crippen LogP contribution in [0.5, 0.6) is 0 Å². The first-order valence-corrected chi connectivity index (χ1v) is 7.25. The number of anilines is 1. The fraction of sp³-hybridized carbons (Fsp3) is 0.158. The SMILES string of the molecule is CC(=O)C=C(C)c1c(C)cc(N)c2ncc3ccccc3c12. The molecule has 0 fully saturated rings. The van der Waals surface area contributed by atoms with Gasteiger partial charge in [-0.25, -0.2) is 0 Å². The molecule has 0 amide bonds. The molecule has 0 aliphatic carbocycles. The van der Waals surface area contributed by atoms with Crippen LogP contribution < -0.4 is 5.73 Å². The van der Waals surface area contributed by atoms with Crippen LogP contribution in [0.3, 0.4) is 0 Å². The number of pyridine rings is 1. The van der Waals surface area contributed by atoms with E-state index in [4.69, 9.17) is 5.73 Å². The van der Waals surface area contributed by atoms with E-state index in [0.29, 0.717) is 5.69 Å². The summed E-state index contributed by atoms with van der Waals surface area (Å²) in [6.07, 6.45) is 3.51. The lowest BCUT2D eigenvalue weighted by molar-refractivity contribution is -0.112. The number of rotatable bonds is 2. The monoisotopic (exact) mass is 290 g/mol. The molecular formula is C19H18N2O. The van der Waals surface area contributed by atoms with E-state index in [1.807, 2.05) is 44.3 Å². The number of hydrogen-bond donors (Lipinski definition) is 1. The van der Waals surface area contributed by atoms with Crippen LogP contribution in [0.4, 0.5) is 5.69 Å². The van der Waals surface area contributed by atoms with Crippen molar-refractivity contribution in [2.45, 2.75) is 20.8 Å². The van der Waals surface area contributed by atoms with E-state index in [2.05, 4.69) is 11.1 Å². The molecule has 0 aliphatic heterocycles. The lowest BCUT2D eigenvalue weighted by Crippen LogP contribution is -1.98. The molecule has 0 saturated carbocycles. The van der Waals surface area contributed by atoms with Crippen LogP contribution >= 0.6 is 0 Å². The number of carbonyl (C=O) groups is 1. The Morgan fingerprint density at radius 2 is 1.95 bits per heavy atom. The van der Waals surface area contributed by atoms with Crippen LogP contribution in [0.25, 0.3) is 27.2 Å². The van der Waals surface area contributed by atoms with Gasteiger partial charge in [0.05, 0.1) is 11.2 Å². The van der Waals surface area contributed by atoms with Gasteiger partial charge in [0.25, 0.3) is 0 Å². The molecule has 1 heterocycles. The molecule has 0 spiro atoms. The minimum absolute atomic E-state index is 0.0371. The number of hydrogen-bond acceptors (Lipinski definition) is 3. The van der Waals surface area contributed by atoms with Gasteiger partial charge in [-0.1, -0.05) is 24.3 Å². The zero-order chi connectivity index (χ0) is 15.9. The molecule has 0 aliphatic rings. The van der Waals surface area contributed by atoms with Gasteiger partial charge in [0.2, 0.25) is 0 Å². The van der Waals surface area contributed by atoms with Crippen LogP contribution in [0.1, 0.15) is 25.0 Å². The normalized spacial score (nSPS) is 12.0. The Hall–Kier alpha value is -2.68. The minimum Gasteiger partial charge on any atom is -0.397 e. The first-order valence-electron chi connectivity index (χ1n) is 7.25. The summed E-state index contributed by atoms with van der Waals surface area (Å²) in [6.45, 7) is 5.54. The Bertz CT molecular complexity index is 939. The molecule has 1 aromatic heterocycles. The molecule has 22 heavy (non-hydrogen) atoms. The molecule has 3 rings (SSSR count). The quantitative estimate of drug-likeness (QED) is 0.435. The maximum atomic E-state index is 11.5. The third-order valence-electron chi connectivity index (χ3n) is 3.90. The fourth-order valence-electron chi connectivity index (χ4n) is 3.09. The van der Waals surface area contributed by atoms with E-state index < -0.39 is 0 Å². The molecule has 3 nitrogen and oxygen atoms in total. The molecule has 3 aromatic rings. The van der Waals surface area contributed by atoms with Gasteiger partial charge in [-0.2, -0.15) is 0 Å².